The number of hydrogen-bond acceptors (Lipinski definition) is 2. The minimum Gasteiger partial charge on any atom is -0.340 e. The van der Waals surface area contributed by atoms with Crippen molar-refractivity contribution in [3.63, 3.8) is 0 Å². The molecule has 1 fully saturated rings. The van der Waals surface area contributed by atoms with Crippen LogP contribution in [0.25, 0.3) is 17.0 Å². The Bertz CT molecular complexity index is 1100. The van der Waals surface area contributed by atoms with E-state index in [2.05, 4.69) is 16.0 Å². The van der Waals surface area contributed by atoms with Crippen molar-refractivity contribution in [1.82, 2.24) is 14.8 Å². The summed E-state index contributed by atoms with van der Waals surface area (Å²) in [6.45, 7) is 2.71. The molecule has 0 unspecified atom stereocenters. The minimum absolute atomic E-state index is 0.292. The zero-order valence-electron chi connectivity index (χ0n) is 15.0. The lowest BCUT2D eigenvalue weighted by Crippen LogP contribution is -2.25. The quantitative estimate of drug-likeness (QED) is 0.548. The van der Waals surface area contributed by atoms with Gasteiger partial charge in [0.25, 0.3) is 5.91 Å². The van der Waals surface area contributed by atoms with Gasteiger partial charge in [0.1, 0.15) is 5.70 Å². The molecule has 5 nitrogen and oxygen atoms in total. The molecule has 0 bridgehead atoms. The second-order valence-electron chi connectivity index (χ2n) is 6.58. The number of carbonyl (C=O) groups is 2. The van der Waals surface area contributed by atoms with Crippen LogP contribution in [0.3, 0.4) is 0 Å². The van der Waals surface area contributed by atoms with Gasteiger partial charge in [0.2, 0.25) is 0 Å². The van der Waals surface area contributed by atoms with E-state index in [0.717, 1.165) is 32.6 Å². The van der Waals surface area contributed by atoms with Gasteiger partial charge >= 0.3 is 6.03 Å². The van der Waals surface area contributed by atoms with Crippen LogP contribution < -0.4 is 5.32 Å². The lowest BCUT2D eigenvalue weighted by atomic mass is 10.1. The first-order valence-electron chi connectivity index (χ1n) is 8.58. The summed E-state index contributed by atoms with van der Waals surface area (Å²) in [6.07, 6.45) is 1.76. The summed E-state index contributed by atoms with van der Waals surface area (Å²) in [5.74, 6) is -0.325. The highest BCUT2D eigenvalue weighted by molar-refractivity contribution is 6.30. The van der Waals surface area contributed by atoms with Gasteiger partial charge in [0.15, 0.2) is 0 Å². The molecular formula is C21H18ClN3O2. The van der Waals surface area contributed by atoms with Crippen molar-refractivity contribution in [2.24, 2.45) is 0 Å². The van der Waals surface area contributed by atoms with Crippen LogP contribution in [0.4, 0.5) is 4.79 Å². The van der Waals surface area contributed by atoms with E-state index in [1.54, 1.807) is 6.08 Å². The molecule has 27 heavy (non-hydrogen) atoms. The average Bonchev–Trinajstić information content (AvgIpc) is 3.07. The Hall–Kier alpha value is -3.05. The number of halogens is 1. The number of carbonyl (C=O) groups excluding carboxylic acids is 2. The molecule has 1 aliphatic heterocycles. The second kappa shape index (κ2) is 6.59. The molecule has 3 amide bonds. The molecule has 0 aliphatic carbocycles. The molecule has 1 N–H and O–H groups in total. The summed E-state index contributed by atoms with van der Waals surface area (Å²) in [5.41, 5.74) is 4.45. The highest BCUT2D eigenvalue weighted by Gasteiger charge is 2.30. The summed E-state index contributed by atoms with van der Waals surface area (Å²) in [7, 11) is 1.47. The molecular weight excluding hydrogens is 362 g/mol. The maximum absolute atomic E-state index is 12.3. The number of nitrogens with zero attached hydrogens (tertiary/aromatic N) is 2. The number of benzene rings is 2. The van der Waals surface area contributed by atoms with E-state index < -0.39 is 6.03 Å². The molecule has 0 atom stereocenters. The largest absolute Gasteiger partial charge is 0.340 e. The number of amides is 3. The molecule has 0 spiro atoms. The monoisotopic (exact) mass is 379 g/mol. The Kier molecular flexibility index (Phi) is 4.24. The normalized spacial score (nSPS) is 15.8. The van der Waals surface area contributed by atoms with Crippen molar-refractivity contribution in [2.75, 3.05) is 7.05 Å². The van der Waals surface area contributed by atoms with E-state index in [-0.39, 0.29) is 5.91 Å². The fourth-order valence-electron chi connectivity index (χ4n) is 3.38. The van der Waals surface area contributed by atoms with Crippen molar-refractivity contribution in [2.45, 2.75) is 13.5 Å². The van der Waals surface area contributed by atoms with Crippen LogP contribution >= 0.6 is 11.6 Å². The third kappa shape index (κ3) is 3.00. The summed E-state index contributed by atoms with van der Waals surface area (Å²) < 4.78 is 2.20. The van der Waals surface area contributed by atoms with Gasteiger partial charge in [-0.3, -0.25) is 9.69 Å². The average molecular weight is 380 g/mol. The van der Waals surface area contributed by atoms with E-state index in [0.29, 0.717) is 17.3 Å². The van der Waals surface area contributed by atoms with Crippen molar-refractivity contribution in [3.8, 4) is 0 Å². The third-order valence-electron chi connectivity index (χ3n) is 4.90. The Balaban J connectivity index is 1.83. The van der Waals surface area contributed by atoms with Gasteiger partial charge in [0, 0.05) is 40.8 Å². The van der Waals surface area contributed by atoms with Gasteiger partial charge in [-0.25, -0.2) is 4.79 Å². The summed E-state index contributed by atoms with van der Waals surface area (Å²) in [6, 6.07) is 15.4. The second-order valence-corrected chi connectivity index (χ2v) is 7.02. The SMILES string of the molecule is Cc1c(/C=C2/NC(=O)N(C)C2=O)c2ccccc2n1Cc1ccc(Cl)cc1. The topological polar surface area (TPSA) is 54.3 Å². The van der Waals surface area contributed by atoms with Crippen LogP contribution in [0.5, 0.6) is 0 Å². The number of imide groups is 1. The Morgan fingerprint density at radius 3 is 2.44 bits per heavy atom. The third-order valence-corrected chi connectivity index (χ3v) is 5.16. The van der Waals surface area contributed by atoms with E-state index >= 15 is 0 Å². The van der Waals surface area contributed by atoms with E-state index in [1.807, 2.05) is 49.4 Å². The number of aromatic nitrogens is 1. The number of fused-ring (bicyclic) bond motifs is 1. The first-order valence-corrected chi connectivity index (χ1v) is 8.96. The highest BCUT2D eigenvalue weighted by atomic mass is 35.5. The van der Waals surface area contributed by atoms with Gasteiger partial charge in [0.05, 0.1) is 0 Å². The van der Waals surface area contributed by atoms with E-state index in [9.17, 15) is 9.59 Å². The van der Waals surface area contributed by atoms with Crippen molar-refractivity contribution in [3.05, 3.63) is 76.1 Å². The van der Waals surface area contributed by atoms with Crippen LogP contribution in [0.1, 0.15) is 16.8 Å². The zero-order chi connectivity index (χ0) is 19.1. The Labute approximate surface area is 161 Å². The lowest BCUT2D eigenvalue weighted by Gasteiger charge is -2.09. The lowest BCUT2D eigenvalue weighted by molar-refractivity contribution is -0.121. The zero-order valence-corrected chi connectivity index (χ0v) is 15.7. The molecule has 1 aromatic heterocycles. The van der Waals surface area contributed by atoms with Crippen LogP contribution in [-0.2, 0) is 11.3 Å². The highest BCUT2D eigenvalue weighted by Crippen LogP contribution is 2.29. The molecule has 2 heterocycles. The maximum Gasteiger partial charge on any atom is 0.328 e. The summed E-state index contributed by atoms with van der Waals surface area (Å²) in [4.78, 5) is 25.1. The molecule has 0 saturated carbocycles. The van der Waals surface area contributed by atoms with Gasteiger partial charge in [-0.1, -0.05) is 41.9 Å². The number of para-hydroxylation sites is 1. The van der Waals surface area contributed by atoms with Crippen molar-refractivity contribution in [1.29, 1.82) is 0 Å². The number of nitrogens with one attached hydrogen (secondary N) is 1. The van der Waals surface area contributed by atoms with Crippen molar-refractivity contribution >= 4 is 40.5 Å². The van der Waals surface area contributed by atoms with Crippen molar-refractivity contribution < 1.29 is 9.59 Å². The minimum atomic E-state index is -0.409. The van der Waals surface area contributed by atoms with Crippen LogP contribution in [-0.4, -0.2) is 28.5 Å². The van der Waals surface area contributed by atoms with Gasteiger partial charge in [-0.15, -0.1) is 0 Å². The molecule has 6 heteroatoms. The van der Waals surface area contributed by atoms with E-state index in [1.165, 1.54) is 7.05 Å². The first kappa shape index (κ1) is 17.4. The van der Waals surface area contributed by atoms with Crippen LogP contribution in [0.15, 0.2) is 54.2 Å². The first-order chi connectivity index (χ1) is 13.0. The standard InChI is InChI=1S/C21H18ClN3O2/c1-13-17(11-18-20(26)24(2)21(27)23-18)16-5-3-4-6-19(16)25(13)12-14-7-9-15(22)10-8-14/h3-11H,12H2,1-2H3,(H,23,27)/b18-11+. The number of likely N-dealkylation sites (N-methyl/N-ethyl adjacent to an activating group) is 1. The molecule has 2 aromatic carbocycles. The summed E-state index contributed by atoms with van der Waals surface area (Å²) >= 11 is 5.99. The predicted octanol–water partition coefficient (Wildman–Crippen LogP) is 4.17. The number of rotatable bonds is 3. The van der Waals surface area contributed by atoms with Crippen LogP contribution in [0, 0.1) is 6.92 Å². The Morgan fingerprint density at radius 1 is 1.07 bits per heavy atom. The molecule has 4 rings (SSSR count). The summed E-state index contributed by atoms with van der Waals surface area (Å²) in [5, 5.41) is 4.38. The van der Waals surface area contributed by atoms with Gasteiger partial charge in [-0.05, 0) is 36.8 Å². The van der Waals surface area contributed by atoms with Gasteiger partial charge < -0.3 is 9.88 Å². The predicted molar refractivity (Wildman–Crippen MR) is 107 cm³/mol. The van der Waals surface area contributed by atoms with Crippen LogP contribution in [0.2, 0.25) is 5.02 Å². The van der Waals surface area contributed by atoms with Gasteiger partial charge in [-0.2, -0.15) is 0 Å². The molecule has 1 aliphatic rings. The molecule has 3 aromatic rings. The fraction of sp³-hybridized carbons (Fsp3) is 0.143. The molecule has 136 valence electrons. The fourth-order valence-corrected chi connectivity index (χ4v) is 3.51. The molecule has 0 radical (unpaired) electrons. The number of urea groups is 1. The van der Waals surface area contributed by atoms with E-state index in [4.69, 9.17) is 11.6 Å². The molecule has 1 saturated heterocycles. The Morgan fingerprint density at radius 2 is 1.78 bits per heavy atom. The smallest absolute Gasteiger partial charge is 0.328 e. The maximum atomic E-state index is 12.3. The number of hydrogen-bond donors (Lipinski definition) is 1.